The van der Waals surface area contributed by atoms with Crippen LogP contribution in [-0.2, 0) is 10.2 Å². The van der Waals surface area contributed by atoms with Gasteiger partial charge in [0.25, 0.3) is 0 Å². The van der Waals surface area contributed by atoms with Crippen LogP contribution in [0.5, 0.6) is 0 Å². The molecule has 48 heavy (non-hydrogen) atoms. The van der Waals surface area contributed by atoms with E-state index in [-0.39, 0.29) is 0 Å². The molecule has 1 N–H and O–H groups in total. The Hall–Kier alpha value is -5.64. The molecule has 228 valence electrons. The molecule has 0 saturated carbocycles. The lowest BCUT2D eigenvalue weighted by Gasteiger charge is -2.40. The number of nitrogens with one attached hydrogen (secondary N) is 1. The number of thiophene rings is 1. The van der Waals surface area contributed by atoms with Gasteiger partial charge in [-0.15, -0.1) is 11.3 Å². The molecule has 5 aliphatic rings. The van der Waals surface area contributed by atoms with E-state index >= 15 is 0 Å². The molecule has 10 rings (SSSR count). The molecule has 1 spiro atoms. The lowest BCUT2D eigenvalue weighted by Crippen LogP contribution is -2.44. The van der Waals surface area contributed by atoms with E-state index in [9.17, 15) is 0 Å². The van der Waals surface area contributed by atoms with Gasteiger partial charge in [0.2, 0.25) is 0 Å². The van der Waals surface area contributed by atoms with Crippen molar-refractivity contribution in [2.45, 2.75) is 18.8 Å². The Morgan fingerprint density at radius 1 is 0.854 bits per heavy atom. The van der Waals surface area contributed by atoms with Crippen LogP contribution in [-0.4, -0.2) is 4.98 Å². The molecule has 1 aliphatic heterocycles. The van der Waals surface area contributed by atoms with Crippen LogP contribution >= 0.6 is 11.3 Å². The van der Waals surface area contributed by atoms with Gasteiger partial charge in [-0.05, 0) is 86.5 Å². The summed E-state index contributed by atoms with van der Waals surface area (Å²) in [5.41, 5.74) is 14.3. The molecule has 4 aliphatic carbocycles. The summed E-state index contributed by atoms with van der Waals surface area (Å²) < 4.78 is 9.03. The minimum Gasteiger partial charge on any atom is -0.464 e. The van der Waals surface area contributed by atoms with Crippen molar-refractivity contribution < 1.29 is 4.74 Å². The van der Waals surface area contributed by atoms with Crippen molar-refractivity contribution in [3.8, 4) is 11.1 Å². The van der Waals surface area contributed by atoms with Gasteiger partial charge in [-0.1, -0.05) is 116 Å². The average molecular weight is 634 g/mol. The number of aromatic nitrogens is 1. The normalized spacial score (nSPS) is 20.1. The van der Waals surface area contributed by atoms with Gasteiger partial charge in [-0.25, -0.2) is 0 Å². The number of benzene rings is 3. The molecule has 3 heterocycles. The predicted molar refractivity (Wildman–Crippen MR) is 201 cm³/mol. The maximum Gasteiger partial charge on any atom is 0.138 e. The largest absolute Gasteiger partial charge is 0.464 e. The summed E-state index contributed by atoms with van der Waals surface area (Å²) in [6.45, 7) is 6.76. The Kier molecular flexibility index (Phi) is 5.82. The molecule has 2 bridgehead atoms. The van der Waals surface area contributed by atoms with Gasteiger partial charge >= 0.3 is 0 Å². The van der Waals surface area contributed by atoms with E-state index in [1.807, 2.05) is 17.4 Å². The van der Waals surface area contributed by atoms with Gasteiger partial charge in [0, 0.05) is 32.7 Å². The molecule has 2 nitrogen and oxygen atoms in total. The molecule has 3 aromatic carbocycles. The maximum absolute atomic E-state index is 6.44. The molecule has 1 atom stereocenters. The molecular formula is C45H31NOS. The van der Waals surface area contributed by atoms with Crippen molar-refractivity contribution in [3.05, 3.63) is 194 Å². The quantitative estimate of drug-likeness (QED) is 0.210. The molecule has 0 amide bonds. The van der Waals surface area contributed by atoms with E-state index in [1.54, 1.807) is 6.26 Å². The van der Waals surface area contributed by atoms with Crippen LogP contribution in [0.3, 0.4) is 0 Å². The molecule has 0 radical (unpaired) electrons. The van der Waals surface area contributed by atoms with Gasteiger partial charge in [-0.2, -0.15) is 0 Å². The van der Waals surface area contributed by atoms with Crippen LogP contribution in [0.15, 0.2) is 151 Å². The first kappa shape index (κ1) is 27.5. The first-order chi connectivity index (χ1) is 23.7. The zero-order valence-corrected chi connectivity index (χ0v) is 27.3. The number of fused-ring (bicyclic) bond motifs is 13. The topological polar surface area (TPSA) is 25.0 Å². The molecule has 3 heteroatoms. The molecular weight excluding hydrogens is 603 g/mol. The van der Waals surface area contributed by atoms with Crippen molar-refractivity contribution in [1.29, 1.82) is 0 Å². The monoisotopic (exact) mass is 633 g/mol. The highest BCUT2D eigenvalue weighted by Gasteiger charge is 2.51. The SMILES string of the molecule is C=CC1=c2c(ccc(C3=c4sc5cc[nH]c5c4=CC4=CC=CC=C3C4)/c2=C/C)-c2ccccc2C12C1=C(OC=CC=C1)c1ccccc12. The van der Waals surface area contributed by atoms with Crippen LogP contribution in [0.4, 0.5) is 0 Å². The number of aromatic amines is 1. The highest BCUT2D eigenvalue weighted by atomic mass is 32.1. The second kappa shape index (κ2) is 10.2. The number of allylic oxidation sites excluding steroid dienone is 11. The van der Waals surface area contributed by atoms with Crippen LogP contribution in [0, 0.1) is 0 Å². The Balaban J connectivity index is 1.42. The van der Waals surface area contributed by atoms with Crippen LogP contribution in [0.2, 0.25) is 0 Å². The van der Waals surface area contributed by atoms with Crippen molar-refractivity contribution in [3.63, 3.8) is 0 Å². The van der Waals surface area contributed by atoms with E-state index in [4.69, 9.17) is 4.74 Å². The molecule has 0 saturated heterocycles. The number of hydrogen-bond acceptors (Lipinski definition) is 2. The van der Waals surface area contributed by atoms with Crippen molar-refractivity contribution >= 4 is 50.6 Å². The van der Waals surface area contributed by atoms with Gasteiger partial charge < -0.3 is 9.72 Å². The van der Waals surface area contributed by atoms with E-state index in [0.717, 1.165) is 23.3 Å². The van der Waals surface area contributed by atoms with Crippen molar-refractivity contribution in [1.82, 2.24) is 4.98 Å². The highest BCUT2D eigenvalue weighted by Crippen LogP contribution is 2.59. The fourth-order valence-corrected chi connectivity index (χ4v) is 10.0. The average Bonchev–Trinajstić information content (AvgIpc) is 3.58. The third-order valence-corrected chi connectivity index (χ3v) is 11.8. The molecule has 5 aromatic rings. The van der Waals surface area contributed by atoms with Gasteiger partial charge in [0.1, 0.15) is 5.76 Å². The lowest BCUT2D eigenvalue weighted by atomic mass is 9.61. The standard InChI is InChI=1S/C45H31NOS/c1-3-29-31(40-28-14-6-5-13-27(25-28)26-34-42-39(22-23-46-42)48-44(34)40)20-21-32-30-15-7-9-17-36(30)45(35(4-2)41(29)32)37-18-10-8-16-33(37)43-38(45)19-11-12-24-47-43/h3-24,26,46H,2,25H2,1H3/b29-3-. The number of ether oxygens (including phenoxy) is 1. The lowest BCUT2D eigenvalue weighted by molar-refractivity contribution is 0.436. The Morgan fingerprint density at radius 3 is 2.50 bits per heavy atom. The highest BCUT2D eigenvalue weighted by molar-refractivity contribution is 7.17. The second-order valence-corrected chi connectivity index (χ2v) is 13.9. The van der Waals surface area contributed by atoms with Crippen molar-refractivity contribution in [2.24, 2.45) is 0 Å². The minimum atomic E-state index is -0.595. The second-order valence-electron chi connectivity index (χ2n) is 12.8. The smallest absolute Gasteiger partial charge is 0.138 e. The summed E-state index contributed by atoms with van der Waals surface area (Å²) in [6.07, 6.45) is 26.8. The zero-order chi connectivity index (χ0) is 32.0. The summed E-state index contributed by atoms with van der Waals surface area (Å²) in [7, 11) is 0. The number of H-pyrrole nitrogens is 1. The summed E-state index contributed by atoms with van der Waals surface area (Å²) in [6, 6.07) is 24.6. The first-order valence-electron chi connectivity index (χ1n) is 16.5. The van der Waals surface area contributed by atoms with E-state index in [1.165, 1.54) is 80.5 Å². The number of rotatable bonds is 2. The van der Waals surface area contributed by atoms with Gasteiger partial charge in [0.15, 0.2) is 0 Å². The number of hydrogen-bond donors (Lipinski definition) is 1. The third kappa shape index (κ3) is 3.46. The molecule has 0 fully saturated rings. The fraction of sp³-hybridized carbons (Fsp3) is 0.0667. The summed E-state index contributed by atoms with van der Waals surface area (Å²) in [5, 5.41) is 3.75. The van der Waals surface area contributed by atoms with E-state index < -0.39 is 5.41 Å². The molecule has 2 aromatic heterocycles. The van der Waals surface area contributed by atoms with Crippen LogP contribution in [0.1, 0.15) is 35.6 Å². The Labute approximate surface area is 282 Å². The van der Waals surface area contributed by atoms with Gasteiger partial charge in [0.05, 0.1) is 21.9 Å². The van der Waals surface area contributed by atoms with E-state index in [0.29, 0.717) is 0 Å². The first-order valence-corrected chi connectivity index (χ1v) is 17.4. The molecule has 1 unspecified atom stereocenters. The summed E-state index contributed by atoms with van der Waals surface area (Å²) in [5.74, 6) is 0.910. The van der Waals surface area contributed by atoms with Crippen LogP contribution < -0.4 is 20.2 Å². The van der Waals surface area contributed by atoms with Crippen LogP contribution in [0.25, 0.3) is 50.4 Å². The minimum absolute atomic E-state index is 0.595. The third-order valence-electron chi connectivity index (χ3n) is 10.6. The summed E-state index contributed by atoms with van der Waals surface area (Å²) in [4.78, 5) is 3.55. The maximum atomic E-state index is 6.44. The van der Waals surface area contributed by atoms with E-state index in [2.05, 4.69) is 146 Å². The fourth-order valence-electron chi connectivity index (χ4n) is 8.80. The Morgan fingerprint density at radius 2 is 1.65 bits per heavy atom. The van der Waals surface area contributed by atoms with Gasteiger partial charge in [-0.3, -0.25) is 0 Å². The predicted octanol–water partition coefficient (Wildman–Crippen LogP) is 7.96. The summed E-state index contributed by atoms with van der Waals surface area (Å²) >= 11 is 1.88. The Bertz CT molecular complexity index is 2750. The van der Waals surface area contributed by atoms with Crippen molar-refractivity contribution in [2.75, 3.05) is 0 Å². The zero-order valence-electron chi connectivity index (χ0n) is 26.5.